The number of aliphatic hydroxyl groups is 1. The molecule has 1 aromatic rings. The summed E-state index contributed by atoms with van der Waals surface area (Å²) >= 11 is 0. The van der Waals surface area contributed by atoms with Crippen LogP contribution in [0.4, 0.5) is 13.2 Å². The molecule has 1 aromatic carbocycles. The van der Waals surface area contributed by atoms with Crippen molar-refractivity contribution in [2.24, 2.45) is 0 Å². The highest BCUT2D eigenvalue weighted by atomic mass is 19.4. The summed E-state index contributed by atoms with van der Waals surface area (Å²) in [5.41, 5.74) is 0.147. The number of hydrogen-bond acceptors (Lipinski definition) is 3. The molecule has 0 saturated carbocycles. The molecule has 0 aromatic heterocycles. The van der Waals surface area contributed by atoms with Gasteiger partial charge in [-0.1, -0.05) is 30.3 Å². The van der Waals surface area contributed by atoms with E-state index >= 15 is 0 Å². The minimum absolute atomic E-state index is 0.111. The van der Waals surface area contributed by atoms with Crippen molar-refractivity contribution in [3.63, 3.8) is 0 Å². The number of ether oxygens (including phenoxy) is 1. The van der Waals surface area contributed by atoms with Gasteiger partial charge >= 0.3 is 6.18 Å². The maximum absolute atomic E-state index is 13.1. The number of methoxy groups -OCH3 is 1. The predicted octanol–water partition coefficient (Wildman–Crippen LogP) is 2.28. The molecule has 2 N–H and O–H groups in total. The molecule has 19 heavy (non-hydrogen) atoms. The van der Waals surface area contributed by atoms with E-state index in [4.69, 9.17) is 9.84 Å². The van der Waals surface area contributed by atoms with Crippen molar-refractivity contribution in [3.05, 3.63) is 35.9 Å². The van der Waals surface area contributed by atoms with Crippen LogP contribution in [0.3, 0.4) is 0 Å². The van der Waals surface area contributed by atoms with Gasteiger partial charge in [-0.3, -0.25) is 5.32 Å². The van der Waals surface area contributed by atoms with Gasteiger partial charge < -0.3 is 9.84 Å². The standard InChI is InChI=1S/C13H18F3NO2/c1-19-9-11(7-8-18)17-12(13(14,15)16)10-5-3-2-4-6-10/h2-6,11-12,17-18H,7-9H2,1H3. The van der Waals surface area contributed by atoms with Crippen molar-refractivity contribution in [2.75, 3.05) is 20.3 Å². The van der Waals surface area contributed by atoms with Crippen LogP contribution in [0.2, 0.25) is 0 Å². The second-order valence-electron chi connectivity index (χ2n) is 4.22. The molecule has 108 valence electrons. The predicted molar refractivity (Wildman–Crippen MR) is 65.7 cm³/mol. The molecule has 6 heteroatoms. The summed E-state index contributed by atoms with van der Waals surface area (Å²) < 4.78 is 44.1. The Morgan fingerprint density at radius 3 is 2.37 bits per heavy atom. The van der Waals surface area contributed by atoms with Crippen molar-refractivity contribution in [1.82, 2.24) is 5.32 Å². The second kappa shape index (κ2) is 7.47. The number of halogens is 3. The minimum atomic E-state index is -4.40. The Kier molecular flexibility index (Phi) is 6.27. The Hall–Kier alpha value is -1.11. The number of nitrogens with one attached hydrogen (secondary N) is 1. The summed E-state index contributed by atoms with van der Waals surface area (Å²) in [5.74, 6) is 0. The third kappa shape index (κ3) is 5.18. The first-order valence-electron chi connectivity index (χ1n) is 5.96. The van der Waals surface area contributed by atoms with E-state index in [9.17, 15) is 13.2 Å². The zero-order valence-corrected chi connectivity index (χ0v) is 10.7. The highest BCUT2D eigenvalue weighted by Gasteiger charge is 2.41. The third-order valence-electron chi connectivity index (χ3n) is 2.71. The molecule has 2 unspecified atom stereocenters. The average molecular weight is 277 g/mol. The molecule has 0 fully saturated rings. The largest absolute Gasteiger partial charge is 0.407 e. The van der Waals surface area contributed by atoms with Gasteiger partial charge in [0, 0.05) is 19.8 Å². The van der Waals surface area contributed by atoms with Gasteiger partial charge in [0.1, 0.15) is 6.04 Å². The van der Waals surface area contributed by atoms with E-state index in [0.29, 0.717) is 0 Å². The van der Waals surface area contributed by atoms with Crippen LogP contribution in [0, 0.1) is 0 Å². The van der Waals surface area contributed by atoms with Gasteiger partial charge in [-0.15, -0.1) is 0 Å². The lowest BCUT2D eigenvalue weighted by Crippen LogP contribution is -2.43. The van der Waals surface area contributed by atoms with E-state index < -0.39 is 18.3 Å². The Morgan fingerprint density at radius 1 is 1.26 bits per heavy atom. The maximum Gasteiger partial charge on any atom is 0.407 e. The molecule has 0 spiro atoms. The summed E-state index contributed by atoms with van der Waals surface area (Å²) in [4.78, 5) is 0. The fraction of sp³-hybridized carbons (Fsp3) is 0.538. The average Bonchev–Trinajstić information content (AvgIpc) is 2.36. The quantitative estimate of drug-likeness (QED) is 0.803. The van der Waals surface area contributed by atoms with Gasteiger partial charge in [0.25, 0.3) is 0 Å². The molecule has 3 nitrogen and oxygen atoms in total. The van der Waals surface area contributed by atoms with Crippen LogP contribution in [0.25, 0.3) is 0 Å². The Balaban J connectivity index is 2.86. The number of rotatable bonds is 7. The topological polar surface area (TPSA) is 41.5 Å². The van der Waals surface area contributed by atoms with Crippen LogP contribution in [0.15, 0.2) is 30.3 Å². The van der Waals surface area contributed by atoms with Gasteiger partial charge in [-0.2, -0.15) is 13.2 Å². The lowest BCUT2D eigenvalue weighted by Gasteiger charge is -2.27. The van der Waals surface area contributed by atoms with Gasteiger partial charge in [0.05, 0.1) is 6.61 Å². The summed E-state index contributed by atoms with van der Waals surface area (Å²) in [7, 11) is 1.41. The molecule has 0 aliphatic carbocycles. The maximum atomic E-state index is 13.1. The van der Waals surface area contributed by atoms with Crippen LogP contribution in [-0.4, -0.2) is 37.6 Å². The summed E-state index contributed by atoms with van der Waals surface area (Å²) in [6.45, 7) is -0.0830. The van der Waals surface area contributed by atoms with Gasteiger partial charge in [-0.05, 0) is 12.0 Å². The lowest BCUT2D eigenvalue weighted by molar-refractivity contribution is -0.160. The van der Waals surface area contributed by atoms with Crippen molar-refractivity contribution in [3.8, 4) is 0 Å². The van der Waals surface area contributed by atoms with Crippen LogP contribution in [0.5, 0.6) is 0 Å². The number of hydrogen-bond donors (Lipinski definition) is 2. The Bertz CT molecular complexity index is 351. The normalized spacial score (nSPS) is 15.2. The zero-order valence-electron chi connectivity index (χ0n) is 10.7. The SMILES string of the molecule is COCC(CCO)NC(c1ccccc1)C(F)(F)F. The van der Waals surface area contributed by atoms with Crippen LogP contribution in [0.1, 0.15) is 18.0 Å². The van der Waals surface area contributed by atoms with E-state index in [0.717, 1.165) is 0 Å². The lowest BCUT2D eigenvalue weighted by atomic mass is 10.0. The van der Waals surface area contributed by atoms with Crippen LogP contribution < -0.4 is 5.32 Å². The van der Waals surface area contributed by atoms with Gasteiger partial charge in [0.15, 0.2) is 0 Å². The van der Waals surface area contributed by atoms with Crippen LogP contribution in [-0.2, 0) is 4.74 Å². The first kappa shape index (κ1) is 15.9. The molecule has 0 radical (unpaired) electrons. The van der Waals surface area contributed by atoms with Crippen molar-refractivity contribution >= 4 is 0 Å². The van der Waals surface area contributed by atoms with Crippen molar-refractivity contribution < 1.29 is 23.0 Å². The van der Waals surface area contributed by atoms with E-state index in [1.54, 1.807) is 18.2 Å². The monoisotopic (exact) mass is 277 g/mol. The van der Waals surface area contributed by atoms with E-state index in [1.165, 1.54) is 19.2 Å². The second-order valence-corrected chi connectivity index (χ2v) is 4.22. The zero-order chi connectivity index (χ0) is 14.3. The molecule has 0 aliphatic rings. The van der Waals surface area contributed by atoms with Crippen molar-refractivity contribution in [1.29, 1.82) is 0 Å². The molecule has 0 saturated heterocycles. The highest BCUT2D eigenvalue weighted by Crippen LogP contribution is 2.33. The van der Waals surface area contributed by atoms with Crippen molar-refractivity contribution in [2.45, 2.75) is 24.7 Å². The van der Waals surface area contributed by atoms with Gasteiger partial charge in [0.2, 0.25) is 0 Å². The molecular formula is C13H18F3NO2. The molecule has 0 aliphatic heterocycles. The molecule has 2 atom stereocenters. The number of benzene rings is 1. The summed E-state index contributed by atoms with van der Waals surface area (Å²) in [6, 6.07) is 5.32. The fourth-order valence-electron chi connectivity index (χ4n) is 1.83. The Morgan fingerprint density at radius 2 is 1.89 bits per heavy atom. The highest BCUT2D eigenvalue weighted by molar-refractivity contribution is 5.20. The smallest absolute Gasteiger partial charge is 0.396 e. The first-order chi connectivity index (χ1) is 8.99. The summed E-state index contributed by atoms with van der Waals surface area (Å²) in [5, 5.41) is 11.4. The third-order valence-corrected chi connectivity index (χ3v) is 2.71. The molecule has 0 amide bonds. The number of aliphatic hydroxyl groups excluding tert-OH is 1. The minimum Gasteiger partial charge on any atom is -0.396 e. The van der Waals surface area contributed by atoms with E-state index in [1.807, 2.05) is 0 Å². The summed E-state index contributed by atoms with van der Waals surface area (Å²) in [6.07, 6.45) is -4.20. The van der Waals surface area contributed by atoms with E-state index in [-0.39, 0.29) is 25.2 Å². The van der Waals surface area contributed by atoms with Gasteiger partial charge in [-0.25, -0.2) is 0 Å². The molecule has 0 heterocycles. The Labute approximate surface area is 110 Å². The number of alkyl halides is 3. The van der Waals surface area contributed by atoms with E-state index in [2.05, 4.69) is 5.32 Å². The first-order valence-corrected chi connectivity index (χ1v) is 5.96. The molecular weight excluding hydrogens is 259 g/mol. The molecule has 0 bridgehead atoms. The van der Waals surface area contributed by atoms with Crippen LogP contribution >= 0.6 is 0 Å². The molecule has 1 rings (SSSR count). The fourth-order valence-corrected chi connectivity index (χ4v) is 1.83.